The quantitative estimate of drug-likeness (QED) is 0.543. The van der Waals surface area contributed by atoms with Gasteiger partial charge in [-0.25, -0.2) is 4.98 Å². The number of imidazole rings is 1. The number of nitrogens with zero attached hydrogens (tertiary/aromatic N) is 2. The minimum Gasteiger partial charge on any atom is -0.322 e. The van der Waals surface area contributed by atoms with E-state index in [9.17, 15) is 4.79 Å². The molecule has 0 aliphatic heterocycles. The van der Waals surface area contributed by atoms with Crippen molar-refractivity contribution in [3.63, 3.8) is 0 Å². The average molecular weight is 288 g/mol. The summed E-state index contributed by atoms with van der Waals surface area (Å²) in [6.07, 6.45) is 0. The number of Topliss-reactive ketones (excluding diaryl/α,β-unsaturated/α-hetero) is 1. The highest BCUT2D eigenvalue weighted by Crippen LogP contribution is 2.23. The maximum atomic E-state index is 12.0. The second-order valence-electron chi connectivity index (χ2n) is 4.13. The van der Waals surface area contributed by atoms with Gasteiger partial charge in [-0.3, -0.25) is 4.79 Å². The van der Waals surface area contributed by atoms with Crippen LogP contribution in [0.4, 0.5) is 0 Å². The highest BCUT2D eigenvalue weighted by atomic mass is 32.2. The number of para-hydroxylation sites is 2. The van der Waals surface area contributed by atoms with Crippen molar-refractivity contribution in [1.29, 1.82) is 0 Å². The molecule has 0 unspecified atom stereocenters. The fraction of sp³-hybridized carbons (Fsp3) is 0.143. The lowest BCUT2D eigenvalue weighted by atomic mass is 10.3. The van der Waals surface area contributed by atoms with Crippen molar-refractivity contribution in [1.82, 2.24) is 9.55 Å². The lowest BCUT2D eigenvalue weighted by Crippen LogP contribution is -2.01. The maximum absolute atomic E-state index is 12.0. The van der Waals surface area contributed by atoms with E-state index in [1.807, 2.05) is 53.4 Å². The van der Waals surface area contributed by atoms with Crippen molar-refractivity contribution < 1.29 is 4.79 Å². The van der Waals surface area contributed by atoms with E-state index in [0.29, 0.717) is 5.75 Å². The van der Waals surface area contributed by atoms with Crippen LogP contribution in [0.3, 0.4) is 0 Å². The first kappa shape index (κ1) is 12.4. The fourth-order valence-corrected chi connectivity index (χ4v) is 3.52. The average Bonchev–Trinajstić information content (AvgIpc) is 3.05. The summed E-state index contributed by atoms with van der Waals surface area (Å²) in [4.78, 5) is 17.3. The largest absolute Gasteiger partial charge is 0.322 e. The van der Waals surface area contributed by atoms with Crippen molar-refractivity contribution in [2.24, 2.45) is 7.05 Å². The highest BCUT2D eigenvalue weighted by Gasteiger charge is 2.11. The number of thiophene rings is 1. The molecule has 0 atom stereocenters. The predicted octanol–water partition coefficient (Wildman–Crippen LogP) is 3.61. The van der Waals surface area contributed by atoms with Crippen molar-refractivity contribution in [3.05, 3.63) is 46.7 Å². The van der Waals surface area contributed by atoms with Gasteiger partial charge in [0, 0.05) is 7.05 Å². The maximum Gasteiger partial charge on any atom is 0.183 e. The van der Waals surface area contributed by atoms with Crippen LogP contribution in [0, 0.1) is 0 Å². The molecule has 0 aliphatic rings. The Balaban J connectivity index is 1.79. The molecule has 0 radical (unpaired) electrons. The molecule has 3 rings (SSSR count). The topological polar surface area (TPSA) is 34.9 Å². The number of aryl methyl sites for hydroxylation is 1. The molecule has 0 fully saturated rings. The van der Waals surface area contributed by atoms with Gasteiger partial charge in [-0.05, 0) is 23.6 Å². The first-order valence-electron chi connectivity index (χ1n) is 5.86. The Morgan fingerprint density at radius 1 is 1.32 bits per heavy atom. The molecule has 3 aromatic rings. The summed E-state index contributed by atoms with van der Waals surface area (Å²) in [6.45, 7) is 0. The molecule has 0 N–H and O–H groups in total. The molecular formula is C14H12N2OS2. The zero-order valence-electron chi connectivity index (χ0n) is 10.4. The first-order chi connectivity index (χ1) is 9.25. The summed E-state index contributed by atoms with van der Waals surface area (Å²) in [7, 11) is 1.98. The van der Waals surface area contributed by atoms with E-state index < -0.39 is 0 Å². The van der Waals surface area contributed by atoms with Crippen LogP contribution in [0.1, 0.15) is 9.67 Å². The van der Waals surface area contributed by atoms with Gasteiger partial charge >= 0.3 is 0 Å². The van der Waals surface area contributed by atoms with Crippen molar-refractivity contribution in [3.8, 4) is 0 Å². The fourth-order valence-electron chi connectivity index (χ4n) is 1.89. The summed E-state index contributed by atoms with van der Waals surface area (Å²) in [6, 6.07) is 11.8. The van der Waals surface area contributed by atoms with E-state index in [-0.39, 0.29) is 5.78 Å². The Bertz CT molecular complexity index is 716. The van der Waals surface area contributed by atoms with Crippen LogP contribution in [0.2, 0.25) is 0 Å². The normalized spacial score (nSPS) is 11.0. The third-order valence-corrected chi connectivity index (χ3v) is 4.82. The van der Waals surface area contributed by atoms with Crippen LogP contribution in [-0.2, 0) is 7.05 Å². The molecule has 0 saturated heterocycles. The van der Waals surface area contributed by atoms with E-state index in [1.54, 1.807) is 0 Å². The zero-order chi connectivity index (χ0) is 13.2. The second kappa shape index (κ2) is 5.19. The van der Waals surface area contributed by atoms with Gasteiger partial charge in [-0.2, -0.15) is 0 Å². The van der Waals surface area contributed by atoms with E-state index in [1.165, 1.54) is 23.1 Å². The monoisotopic (exact) mass is 288 g/mol. The zero-order valence-corrected chi connectivity index (χ0v) is 12.0. The number of carbonyl (C=O) groups is 1. The Labute approximate surface area is 119 Å². The van der Waals surface area contributed by atoms with Crippen LogP contribution in [0.25, 0.3) is 11.0 Å². The van der Waals surface area contributed by atoms with E-state index in [0.717, 1.165) is 21.1 Å². The van der Waals surface area contributed by atoms with Gasteiger partial charge in [0.25, 0.3) is 0 Å². The number of hydrogen-bond acceptors (Lipinski definition) is 4. The molecule has 1 aromatic carbocycles. The number of fused-ring (bicyclic) bond motifs is 1. The van der Waals surface area contributed by atoms with Crippen molar-refractivity contribution in [2.75, 3.05) is 5.75 Å². The van der Waals surface area contributed by atoms with Crippen LogP contribution < -0.4 is 0 Å². The molecule has 19 heavy (non-hydrogen) atoms. The molecule has 0 bridgehead atoms. The SMILES string of the molecule is Cn1c(SCC(=O)c2cccs2)nc2ccccc21. The van der Waals surface area contributed by atoms with Gasteiger partial charge in [0.05, 0.1) is 21.7 Å². The summed E-state index contributed by atoms with van der Waals surface area (Å²) >= 11 is 2.97. The van der Waals surface area contributed by atoms with Gasteiger partial charge in [0.15, 0.2) is 10.9 Å². The molecule has 3 nitrogen and oxygen atoms in total. The molecule has 5 heteroatoms. The summed E-state index contributed by atoms with van der Waals surface area (Å²) in [5, 5.41) is 2.80. The molecule has 2 heterocycles. The molecule has 2 aromatic heterocycles. The van der Waals surface area contributed by atoms with E-state index in [4.69, 9.17) is 0 Å². The van der Waals surface area contributed by atoms with Crippen LogP contribution in [0.15, 0.2) is 46.9 Å². The smallest absolute Gasteiger partial charge is 0.183 e. The lowest BCUT2D eigenvalue weighted by molar-refractivity contribution is 0.102. The first-order valence-corrected chi connectivity index (χ1v) is 7.73. The molecular weight excluding hydrogens is 276 g/mol. The number of aromatic nitrogens is 2. The number of carbonyl (C=O) groups excluding carboxylic acids is 1. The predicted molar refractivity (Wildman–Crippen MR) is 80.1 cm³/mol. The van der Waals surface area contributed by atoms with Crippen molar-refractivity contribution >= 4 is 39.9 Å². The van der Waals surface area contributed by atoms with Gasteiger partial charge < -0.3 is 4.57 Å². The summed E-state index contributed by atoms with van der Waals surface area (Å²) in [5.74, 6) is 0.588. The minimum atomic E-state index is 0.159. The van der Waals surface area contributed by atoms with Gasteiger partial charge in [-0.15, -0.1) is 11.3 Å². The Kier molecular flexibility index (Phi) is 3.40. The van der Waals surface area contributed by atoms with Crippen molar-refractivity contribution in [2.45, 2.75) is 5.16 Å². The third-order valence-electron chi connectivity index (χ3n) is 2.87. The van der Waals surface area contributed by atoms with Gasteiger partial charge in [0.2, 0.25) is 0 Å². The molecule has 0 saturated carbocycles. The molecule has 0 amide bonds. The van der Waals surface area contributed by atoms with Gasteiger partial charge in [0.1, 0.15) is 0 Å². The molecule has 0 spiro atoms. The minimum absolute atomic E-state index is 0.159. The third kappa shape index (κ3) is 2.43. The highest BCUT2D eigenvalue weighted by molar-refractivity contribution is 7.99. The lowest BCUT2D eigenvalue weighted by Gasteiger charge is -2.00. The Morgan fingerprint density at radius 2 is 2.16 bits per heavy atom. The van der Waals surface area contributed by atoms with Crippen LogP contribution in [-0.4, -0.2) is 21.1 Å². The number of thioether (sulfide) groups is 1. The Hall–Kier alpha value is -1.59. The van der Waals surface area contributed by atoms with Crippen LogP contribution in [0.5, 0.6) is 0 Å². The van der Waals surface area contributed by atoms with E-state index in [2.05, 4.69) is 4.98 Å². The van der Waals surface area contributed by atoms with Gasteiger partial charge in [-0.1, -0.05) is 30.0 Å². The molecule has 96 valence electrons. The number of rotatable bonds is 4. The Morgan fingerprint density at radius 3 is 2.89 bits per heavy atom. The summed E-state index contributed by atoms with van der Waals surface area (Å²) in [5.41, 5.74) is 2.06. The number of ketones is 1. The number of hydrogen-bond donors (Lipinski definition) is 0. The standard InChI is InChI=1S/C14H12N2OS2/c1-16-11-6-3-2-5-10(11)15-14(16)19-9-12(17)13-7-4-8-18-13/h2-8H,9H2,1H3. The number of benzene rings is 1. The van der Waals surface area contributed by atoms with E-state index >= 15 is 0 Å². The summed E-state index contributed by atoms with van der Waals surface area (Å²) < 4.78 is 2.03. The van der Waals surface area contributed by atoms with Crippen LogP contribution >= 0.6 is 23.1 Å². The second-order valence-corrected chi connectivity index (χ2v) is 6.02. The molecule has 0 aliphatic carbocycles.